The molecule has 152 valence electrons. The number of aromatic amines is 1. The summed E-state index contributed by atoms with van der Waals surface area (Å²) in [6.07, 6.45) is 3.76. The molecule has 2 aromatic heterocycles. The summed E-state index contributed by atoms with van der Waals surface area (Å²) in [6.45, 7) is 2.44. The number of rotatable bonds is 8. The number of para-hydroxylation sites is 1. The predicted octanol–water partition coefficient (Wildman–Crippen LogP) is 2.04. The maximum atomic E-state index is 12.7. The van der Waals surface area contributed by atoms with Crippen LogP contribution in [0.5, 0.6) is 0 Å². The lowest BCUT2D eigenvalue weighted by Gasteiger charge is -2.16. The van der Waals surface area contributed by atoms with Gasteiger partial charge in [-0.15, -0.1) is 0 Å². The number of hydrogen-bond donors (Lipinski definition) is 2. The molecular formula is C21H24N4O4. The molecule has 0 radical (unpaired) electrons. The zero-order chi connectivity index (χ0) is 20.8. The van der Waals surface area contributed by atoms with Gasteiger partial charge in [-0.05, 0) is 24.1 Å². The molecule has 29 heavy (non-hydrogen) atoms. The predicted molar refractivity (Wildman–Crippen MR) is 109 cm³/mol. The lowest BCUT2D eigenvalue weighted by atomic mass is 10.0. The van der Waals surface area contributed by atoms with Crippen LogP contribution in [0.3, 0.4) is 0 Å². The number of amides is 1. The van der Waals surface area contributed by atoms with Gasteiger partial charge < -0.3 is 15.0 Å². The van der Waals surface area contributed by atoms with Crippen molar-refractivity contribution < 1.29 is 14.3 Å². The second-order valence-corrected chi connectivity index (χ2v) is 6.75. The molecule has 0 aliphatic carbocycles. The van der Waals surface area contributed by atoms with Gasteiger partial charge in [0.25, 0.3) is 11.5 Å². The summed E-state index contributed by atoms with van der Waals surface area (Å²) in [6, 6.07) is 9.50. The number of carbonyl (C=O) groups excluding carboxylic acids is 2. The van der Waals surface area contributed by atoms with Crippen molar-refractivity contribution in [3.8, 4) is 0 Å². The van der Waals surface area contributed by atoms with Crippen molar-refractivity contribution in [1.29, 1.82) is 0 Å². The molecule has 2 N–H and O–H groups in total. The Balaban J connectivity index is 1.81. The van der Waals surface area contributed by atoms with E-state index in [2.05, 4.69) is 15.4 Å². The fourth-order valence-corrected chi connectivity index (χ4v) is 3.13. The molecule has 0 spiro atoms. The Hall–Kier alpha value is -3.42. The van der Waals surface area contributed by atoms with Gasteiger partial charge in [0.05, 0.1) is 7.11 Å². The molecular weight excluding hydrogens is 372 g/mol. The van der Waals surface area contributed by atoms with E-state index in [9.17, 15) is 14.4 Å². The number of esters is 1. The van der Waals surface area contributed by atoms with Crippen molar-refractivity contribution in [3.63, 3.8) is 0 Å². The summed E-state index contributed by atoms with van der Waals surface area (Å²) in [5, 5.41) is 7.79. The van der Waals surface area contributed by atoms with Crippen molar-refractivity contribution >= 4 is 22.8 Å². The van der Waals surface area contributed by atoms with E-state index in [4.69, 9.17) is 4.74 Å². The van der Waals surface area contributed by atoms with Crippen molar-refractivity contribution in [1.82, 2.24) is 20.1 Å². The van der Waals surface area contributed by atoms with Crippen LogP contribution >= 0.6 is 0 Å². The number of nitrogens with zero attached hydrogens (tertiary/aromatic N) is 2. The zero-order valence-corrected chi connectivity index (χ0v) is 16.5. The number of ether oxygens (including phenoxy) is 1. The highest BCUT2D eigenvalue weighted by molar-refractivity contribution is 5.95. The number of fused-ring (bicyclic) bond motifs is 1. The molecule has 8 nitrogen and oxygen atoms in total. The van der Waals surface area contributed by atoms with E-state index in [0.29, 0.717) is 6.54 Å². The Kier molecular flexibility index (Phi) is 6.43. The van der Waals surface area contributed by atoms with Gasteiger partial charge in [-0.25, -0.2) is 9.48 Å². The Morgan fingerprint density at radius 1 is 1.24 bits per heavy atom. The third-order valence-corrected chi connectivity index (χ3v) is 4.71. The molecule has 0 aliphatic rings. The highest BCUT2D eigenvalue weighted by atomic mass is 16.5. The molecule has 1 aromatic carbocycles. The van der Waals surface area contributed by atoms with Crippen LogP contribution in [0.1, 0.15) is 35.8 Å². The quantitative estimate of drug-likeness (QED) is 0.567. The highest BCUT2D eigenvalue weighted by Gasteiger charge is 2.24. The van der Waals surface area contributed by atoms with Gasteiger partial charge in [0.15, 0.2) is 0 Å². The van der Waals surface area contributed by atoms with Crippen LogP contribution in [0.4, 0.5) is 0 Å². The van der Waals surface area contributed by atoms with Crippen LogP contribution in [-0.4, -0.2) is 39.8 Å². The van der Waals surface area contributed by atoms with Gasteiger partial charge in [-0.1, -0.05) is 31.5 Å². The molecule has 2 heterocycles. The minimum Gasteiger partial charge on any atom is -0.467 e. The number of H-pyrrole nitrogens is 1. The number of carbonyl (C=O) groups is 2. The van der Waals surface area contributed by atoms with Crippen LogP contribution in [-0.2, 0) is 22.5 Å². The van der Waals surface area contributed by atoms with Gasteiger partial charge >= 0.3 is 5.97 Å². The van der Waals surface area contributed by atoms with Gasteiger partial charge in [-0.2, -0.15) is 5.10 Å². The fourth-order valence-electron chi connectivity index (χ4n) is 3.13. The molecule has 3 rings (SSSR count). The molecule has 0 bridgehead atoms. The number of aryl methyl sites for hydroxylation is 1. The van der Waals surface area contributed by atoms with E-state index in [1.54, 1.807) is 0 Å². The summed E-state index contributed by atoms with van der Waals surface area (Å²) < 4.78 is 6.14. The number of unbranched alkanes of at least 4 members (excludes halogenated alkanes) is 1. The third kappa shape index (κ3) is 4.71. The van der Waals surface area contributed by atoms with E-state index in [-0.39, 0.29) is 17.7 Å². The molecule has 8 heteroatoms. The number of aromatic nitrogens is 3. The van der Waals surface area contributed by atoms with E-state index < -0.39 is 17.9 Å². The topological polar surface area (TPSA) is 106 Å². The highest BCUT2D eigenvalue weighted by Crippen LogP contribution is 2.19. The van der Waals surface area contributed by atoms with E-state index in [1.165, 1.54) is 23.9 Å². The smallest absolute Gasteiger partial charge is 0.328 e. The molecule has 0 saturated heterocycles. The second kappa shape index (κ2) is 9.18. The van der Waals surface area contributed by atoms with E-state index in [1.807, 2.05) is 37.4 Å². The lowest BCUT2D eigenvalue weighted by Crippen LogP contribution is -2.43. The SMILES string of the molecule is CCCCn1nc(C(=O)N[C@H](Cc2c[nH]c3ccccc23)C(=O)OC)ccc1=O. The van der Waals surface area contributed by atoms with Gasteiger partial charge in [0.2, 0.25) is 0 Å². The normalized spacial score (nSPS) is 11.9. The largest absolute Gasteiger partial charge is 0.467 e. The van der Waals surface area contributed by atoms with Gasteiger partial charge in [-0.3, -0.25) is 9.59 Å². The lowest BCUT2D eigenvalue weighted by molar-refractivity contribution is -0.142. The number of nitrogens with one attached hydrogen (secondary N) is 2. The standard InChI is InChI=1S/C21H24N4O4/c1-3-4-11-25-19(26)10-9-17(24-25)20(27)23-18(21(28)29-2)12-14-13-22-16-8-6-5-7-15(14)16/h5-10,13,18,22H,3-4,11-12H2,1-2H3,(H,23,27)/t18-/m1/s1. The third-order valence-electron chi connectivity index (χ3n) is 4.71. The summed E-state index contributed by atoms with van der Waals surface area (Å²) in [5.74, 6) is -1.09. The molecule has 3 aromatic rings. The number of methoxy groups -OCH3 is 1. The maximum Gasteiger partial charge on any atom is 0.328 e. The van der Waals surface area contributed by atoms with E-state index in [0.717, 1.165) is 29.3 Å². The molecule has 0 fully saturated rings. The molecule has 1 amide bonds. The monoisotopic (exact) mass is 396 g/mol. The molecule has 0 saturated carbocycles. The number of benzene rings is 1. The van der Waals surface area contributed by atoms with Crippen LogP contribution in [0.15, 0.2) is 47.4 Å². The van der Waals surface area contributed by atoms with Crippen LogP contribution in [0.25, 0.3) is 10.9 Å². The van der Waals surface area contributed by atoms with Crippen molar-refractivity contribution in [2.75, 3.05) is 7.11 Å². The zero-order valence-electron chi connectivity index (χ0n) is 16.5. The summed E-state index contributed by atoms with van der Waals surface area (Å²) in [7, 11) is 1.28. The first-order valence-electron chi connectivity index (χ1n) is 9.55. The first-order chi connectivity index (χ1) is 14.0. The first kappa shape index (κ1) is 20.3. The molecule has 0 unspecified atom stereocenters. The van der Waals surface area contributed by atoms with Crippen LogP contribution in [0, 0.1) is 0 Å². The Bertz CT molecular complexity index is 1070. The van der Waals surface area contributed by atoms with Crippen molar-refractivity contribution in [2.45, 2.75) is 38.8 Å². The average Bonchev–Trinajstić information content (AvgIpc) is 3.15. The second-order valence-electron chi connectivity index (χ2n) is 6.75. The number of hydrogen-bond acceptors (Lipinski definition) is 5. The summed E-state index contributed by atoms with van der Waals surface area (Å²) >= 11 is 0. The fraction of sp³-hybridized carbons (Fsp3) is 0.333. The average molecular weight is 396 g/mol. The van der Waals surface area contributed by atoms with Crippen LogP contribution in [0.2, 0.25) is 0 Å². The van der Waals surface area contributed by atoms with Gasteiger partial charge in [0, 0.05) is 36.1 Å². The Morgan fingerprint density at radius 3 is 2.79 bits per heavy atom. The molecule has 1 atom stereocenters. The maximum absolute atomic E-state index is 12.7. The Labute approximate surface area is 167 Å². The summed E-state index contributed by atoms with van der Waals surface area (Å²) in [4.78, 5) is 40.0. The van der Waals surface area contributed by atoms with Crippen molar-refractivity contribution in [2.24, 2.45) is 0 Å². The van der Waals surface area contributed by atoms with Crippen LogP contribution < -0.4 is 10.9 Å². The van der Waals surface area contributed by atoms with Crippen molar-refractivity contribution in [3.05, 3.63) is 64.2 Å². The minimum absolute atomic E-state index is 0.0773. The first-order valence-corrected chi connectivity index (χ1v) is 9.55. The summed E-state index contributed by atoms with van der Waals surface area (Å²) in [5.41, 5.74) is 1.64. The Morgan fingerprint density at radius 2 is 2.03 bits per heavy atom. The van der Waals surface area contributed by atoms with Gasteiger partial charge in [0.1, 0.15) is 11.7 Å². The molecule has 0 aliphatic heterocycles. The van der Waals surface area contributed by atoms with E-state index >= 15 is 0 Å². The minimum atomic E-state index is -0.885.